The molecule has 1 saturated heterocycles. The highest BCUT2D eigenvalue weighted by Crippen LogP contribution is 2.44. The third-order valence-electron chi connectivity index (χ3n) is 9.17. The molecular formula is C32H45N5O6Si. The number of carbonyl (C=O) groups is 2. The highest BCUT2D eigenvalue weighted by atomic mass is 28.4. The number of hydrogen-bond acceptors (Lipinski definition) is 10. The summed E-state index contributed by atoms with van der Waals surface area (Å²) in [5, 5.41) is 3.56. The SMILES string of the molecule is CC(=O)O[C@H]1[C@H](OC(C)=O)[C@@H](CO[Si](C(C)C)(C(C)C)C(C)C)O[C@H]1n1cnc2c(N[C@H]3CCc4ccccc43)ncnc21. The Hall–Kier alpha value is -3.35. The summed E-state index contributed by atoms with van der Waals surface area (Å²) in [4.78, 5) is 38.4. The number of nitrogens with zero attached hydrogens (tertiary/aromatic N) is 4. The average molecular weight is 624 g/mol. The minimum Gasteiger partial charge on any atom is -0.456 e. The predicted molar refractivity (Wildman–Crippen MR) is 168 cm³/mol. The van der Waals surface area contributed by atoms with E-state index in [1.165, 1.54) is 31.3 Å². The van der Waals surface area contributed by atoms with Gasteiger partial charge in [0, 0.05) is 13.8 Å². The van der Waals surface area contributed by atoms with E-state index in [2.05, 4.69) is 80.0 Å². The van der Waals surface area contributed by atoms with Crippen molar-refractivity contribution in [3.8, 4) is 0 Å². The van der Waals surface area contributed by atoms with Gasteiger partial charge < -0.3 is 24.0 Å². The minimum absolute atomic E-state index is 0.105. The molecule has 238 valence electrons. The molecule has 0 unspecified atom stereocenters. The van der Waals surface area contributed by atoms with Crippen LogP contribution in [0.4, 0.5) is 5.82 Å². The molecule has 3 heterocycles. The Balaban J connectivity index is 1.48. The molecule has 5 rings (SSSR count). The Kier molecular flexibility index (Phi) is 9.43. The highest BCUT2D eigenvalue weighted by molar-refractivity contribution is 6.77. The van der Waals surface area contributed by atoms with Gasteiger partial charge in [-0.2, -0.15) is 0 Å². The summed E-state index contributed by atoms with van der Waals surface area (Å²) >= 11 is 0. The van der Waals surface area contributed by atoms with E-state index in [4.69, 9.17) is 18.6 Å². The van der Waals surface area contributed by atoms with Crippen molar-refractivity contribution in [3.05, 3.63) is 48.0 Å². The number of hydrogen-bond donors (Lipinski definition) is 1. The first kappa shape index (κ1) is 32.1. The maximum Gasteiger partial charge on any atom is 0.303 e. The second-order valence-electron chi connectivity index (χ2n) is 12.8. The number of benzene rings is 1. The molecule has 0 amide bonds. The number of rotatable bonds is 11. The molecule has 11 nitrogen and oxygen atoms in total. The van der Waals surface area contributed by atoms with Crippen LogP contribution < -0.4 is 5.32 Å². The zero-order valence-corrected chi connectivity index (χ0v) is 27.9. The smallest absolute Gasteiger partial charge is 0.303 e. The topological polar surface area (TPSA) is 127 Å². The van der Waals surface area contributed by atoms with Crippen molar-refractivity contribution in [2.75, 3.05) is 11.9 Å². The van der Waals surface area contributed by atoms with Crippen LogP contribution in [0.25, 0.3) is 11.2 Å². The van der Waals surface area contributed by atoms with E-state index in [9.17, 15) is 9.59 Å². The molecule has 1 N–H and O–H groups in total. The summed E-state index contributed by atoms with van der Waals surface area (Å²) in [6.07, 6.45) is 1.68. The van der Waals surface area contributed by atoms with Gasteiger partial charge in [-0.25, -0.2) is 15.0 Å². The number of aryl methyl sites for hydroxylation is 1. The quantitative estimate of drug-likeness (QED) is 0.204. The fourth-order valence-corrected chi connectivity index (χ4v) is 12.9. The first-order valence-corrected chi connectivity index (χ1v) is 17.7. The van der Waals surface area contributed by atoms with Crippen molar-refractivity contribution in [1.29, 1.82) is 0 Å². The number of nitrogens with one attached hydrogen (secondary N) is 1. The Labute approximate surface area is 260 Å². The Morgan fingerprint density at radius 3 is 2.30 bits per heavy atom. The van der Waals surface area contributed by atoms with Gasteiger partial charge in [0.15, 0.2) is 43.7 Å². The Bertz CT molecular complexity index is 1470. The lowest BCUT2D eigenvalue weighted by molar-refractivity contribution is -0.165. The lowest BCUT2D eigenvalue weighted by Gasteiger charge is -2.42. The van der Waals surface area contributed by atoms with Crippen molar-refractivity contribution in [3.63, 3.8) is 0 Å². The summed E-state index contributed by atoms with van der Waals surface area (Å²) in [5.74, 6) is -0.406. The van der Waals surface area contributed by atoms with Crippen LogP contribution in [0, 0.1) is 0 Å². The molecule has 1 fully saturated rings. The molecule has 1 aliphatic carbocycles. The van der Waals surface area contributed by atoms with Crippen LogP contribution in [0.3, 0.4) is 0 Å². The first-order chi connectivity index (χ1) is 20.9. The van der Waals surface area contributed by atoms with E-state index < -0.39 is 44.8 Å². The van der Waals surface area contributed by atoms with Gasteiger partial charge in [-0.1, -0.05) is 65.8 Å². The van der Waals surface area contributed by atoms with Crippen molar-refractivity contribution in [1.82, 2.24) is 19.5 Å². The average Bonchev–Trinajstić information content (AvgIpc) is 3.65. The molecule has 44 heavy (non-hydrogen) atoms. The van der Waals surface area contributed by atoms with Gasteiger partial charge in [-0.05, 0) is 40.6 Å². The van der Waals surface area contributed by atoms with Gasteiger partial charge >= 0.3 is 11.9 Å². The fraction of sp³-hybridized carbons (Fsp3) is 0.594. The molecule has 0 saturated carbocycles. The summed E-state index contributed by atoms with van der Waals surface area (Å²) in [7, 11) is -2.28. The van der Waals surface area contributed by atoms with Gasteiger partial charge in [0.05, 0.1) is 19.0 Å². The zero-order valence-electron chi connectivity index (χ0n) is 26.9. The number of carbonyl (C=O) groups excluding carboxylic acids is 2. The summed E-state index contributed by atoms with van der Waals surface area (Å²) < 4.78 is 26.8. The third-order valence-corrected chi connectivity index (χ3v) is 15.3. The van der Waals surface area contributed by atoms with Gasteiger partial charge in [-0.3, -0.25) is 14.2 Å². The largest absolute Gasteiger partial charge is 0.456 e. The van der Waals surface area contributed by atoms with Crippen molar-refractivity contribution >= 4 is 37.2 Å². The second kappa shape index (κ2) is 12.9. The van der Waals surface area contributed by atoms with Crippen LogP contribution in [0.1, 0.15) is 85.2 Å². The van der Waals surface area contributed by atoms with E-state index >= 15 is 0 Å². The molecule has 0 radical (unpaired) electrons. The third kappa shape index (κ3) is 5.99. The zero-order chi connectivity index (χ0) is 31.8. The van der Waals surface area contributed by atoms with E-state index in [1.54, 1.807) is 10.9 Å². The molecule has 1 aromatic carbocycles. The molecule has 12 heteroatoms. The molecule has 0 spiro atoms. The normalized spacial score (nSPS) is 23.5. The van der Waals surface area contributed by atoms with Crippen LogP contribution in [0.5, 0.6) is 0 Å². The van der Waals surface area contributed by atoms with E-state index in [0.29, 0.717) is 33.6 Å². The van der Waals surface area contributed by atoms with E-state index in [1.807, 2.05) is 6.07 Å². The van der Waals surface area contributed by atoms with Gasteiger partial charge in [0.2, 0.25) is 0 Å². The maximum absolute atomic E-state index is 12.3. The summed E-state index contributed by atoms with van der Waals surface area (Å²) in [5.41, 5.74) is 4.71. The maximum atomic E-state index is 12.3. The standard InChI is InChI=1S/C32H45N5O6Si/c1-18(2)44(19(3)4,20(5)6)40-15-26-28(41-21(7)38)29(42-22(8)39)32(43-26)37-17-35-27-30(33-16-34-31(27)37)36-25-14-13-23-11-9-10-12-24(23)25/h9-12,16-20,25-26,28-29,32H,13-15H2,1-8H3,(H,33,34,36)/t25-,26+,28+,29-,32+/m0/s1. The fourth-order valence-electron chi connectivity index (χ4n) is 7.46. The van der Waals surface area contributed by atoms with E-state index in [0.717, 1.165) is 12.8 Å². The van der Waals surface area contributed by atoms with Gasteiger partial charge in [-0.15, -0.1) is 0 Å². The number of imidazole rings is 1. The molecule has 2 aliphatic rings. The molecule has 2 aromatic heterocycles. The minimum atomic E-state index is -2.28. The molecule has 3 aromatic rings. The molecular weight excluding hydrogens is 578 g/mol. The first-order valence-electron chi connectivity index (χ1n) is 15.6. The van der Waals surface area contributed by atoms with Crippen LogP contribution in [0.15, 0.2) is 36.9 Å². The van der Waals surface area contributed by atoms with Crippen LogP contribution in [0.2, 0.25) is 16.6 Å². The van der Waals surface area contributed by atoms with Crippen molar-refractivity contribution in [2.45, 2.75) is 115 Å². The van der Waals surface area contributed by atoms with Crippen molar-refractivity contribution in [2.24, 2.45) is 0 Å². The Morgan fingerprint density at radius 1 is 0.977 bits per heavy atom. The lowest BCUT2D eigenvalue weighted by atomic mass is 10.1. The second-order valence-corrected chi connectivity index (χ2v) is 18.3. The summed E-state index contributed by atoms with van der Waals surface area (Å²) in [6, 6.07) is 8.51. The van der Waals surface area contributed by atoms with Crippen LogP contribution >= 0.6 is 0 Å². The van der Waals surface area contributed by atoms with Crippen LogP contribution in [-0.2, 0) is 34.6 Å². The van der Waals surface area contributed by atoms with Gasteiger partial charge in [0.1, 0.15) is 12.4 Å². The number of fused-ring (bicyclic) bond motifs is 2. The molecule has 1 aliphatic heterocycles. The number of aromatic nitrogens is 4. The lowest BCUT2D eigenvalue weighted by Crippen LogP contribution is -2.50. The number of ether oxygens (including phenoxy) is 3. The van der Waals surface area contributed by atoms with E-state index in [-0.39, 0.29) is 12.6 Å². The van der Waals surface area contributed by atoms with Crippen LogP contribution in [-0.4, -0.2) is 64.7 Å². The highest BCUT2D eigenvalue weighted by Gasteiger charge is 2.53. The number of anilines is 1. The molecule has 0 bridgehead atoms. The Morgan fingerprint density at radius 2 is 1.64 bits per heavy atom. The number of esters is 2. The monoisotopic (exact) mass is 623 g/mol. The van der Waals surface area contributed by atoms with Gasteiger partial charge in [0.25, 0.3) is 0 Å². The predicted octanol–water partition coefficient (Wildman–Crippen LogP) is 5.88. The molecule has 5 atom stereocenters. The van der Waals surface area contributed by atoms with Crippen molar-refractivity contribution < 1.29 is 28.2 Å². The summed E-state index contributed by atoms with van der Waals surface area (Å²) in [6.45, 7) is 16.1.